The fourth-order valence-corrected chi connectivity index (χ4v) is 5.05. The lowest BCUT2D eigenvalue weighted by Crippen LogP contribution is -2.04. The van der Waals surface area contributed by atoms with Crippen LogP contribution in [0, 0.1) is 0 Å². The molecule has 0 unspecified atom stereocenters. The van der Waals surface area contributed by atoms with Crippen molar-refractivity contribution >= 4 is 34.7 Å². The van der Waals surface area contributed by atoms with E-state index in [1.165, 1.54) is 16.6 Å². The van der Waals surface area contributed by atoms with Crippen molar-refractivity contribution in [3.8, 4) is 22.1 Å². The lowest BCUT2D eigenvalue weighted by molar-refractivity contribution is 0.193. The molecule has 0 aliphatic heterocycles. The van der Waals surface area contributed by atoms with E-state index in [9.17, 15) is 0 Å². The molecule has 10 heteroatoms. The molecule has 172 valence electrons. The zero-order valence-electron chi connectivity index (χ0n) is 18.3. The van der Waals surface area contributed by atoms with Crippen LogP contribution in [0.15, 0.2) is 29.4 Å². The average molecular weight is 476 g/mol. The first-order valence-electron chi connectivity index (χ1n) is 10.6. The first-order valence-corrected chi connectivity index (χ1v) is 12.4. The molecule has 3 aromatic rings. The molecule has 32 heavy (non-hydrogen) atoms. The maximum Gasteiger partial charge on any atom is 0.191 e. The summed E-state index contributed by atoms with van der Waals surface area (Å²) in [6.07, 6.45) is 2.86. The summed E-state index contributed by atoms with van der Waals surface area (Å²) in [5, 5.41) is 10.5. The predicted molar refractivity (Wildman–Crippen MR) is 130 cm³/mol. The number of hydrogen-bond donors (Lipinski definition) is 3. The topological polar surface area (TPSA) is 129 Å². The Morgan fingerprint density at radius 2 is 1.72 bits per heavy atom. The maximum atomic E-state index is 9.08. The number of nitrogens with zero attached hydrogens (tertiary/aromatic N) is 3. The number of thioether (sulfide) groups is 1. The summed E-state index contributed by atoms with van der Waals surface area (Å²) < 4.78 is 11.5. The van der Waals surface area contributed by atoms with Crippen LogP contribution in [-0.4, -0.2) is 39.9 Å². The molecule has 0 fully saturated rings. The van der Waals surface area contributed by atoms with Gasteiger partial charge in [-0.25, -0.2) is 15.0 Å². The van der Waals surface area contributed by atoms with Crippen LogP contribution in [0.4, 0.5) is 11.6 Å². The zero-order valence-corrected chi connectivity index (χ0v) is 20.0. The fraction of sp³-hybridized carbons (Fsp3) is 0.409. The third kappa shape index (κ3) is 6.47. The van der Waals surface area contributed by atoms with Gasteiger partial charge < -0.3 is 26.0 Å². The number of nitrogens with two attached hydrogens (primary N) is 2. The van der Waals surface area contributed by atoms with Gasteiger partial charge in [0.2, 0.25) is 0 Å². The molecule has 2 heterocycles. The summed E-state index contributed by atoms with van der Waals surface area (Å²) >= 11 is 3.15. The van der Waals surface area contributed by atoms with E-state index in [1.54, 1.807) is 17.4 Å². The van der Waals surface area contributed by atoms with Gasteiger partial charge in [-0.15, -0.1) is 11.3 Å². The first kappa shape index (κ1) is 24.1. The van der Waals surface area contributed by atoms with Gasteiger partial charge in [0.15, 0.2) is 16.7 Å². The van der Waals surface area contributed by atoms with E-state index in [4.69, 9.17) is 31.0 Å². The molecule has 0 bridgehead atoms. The number of aliphatic hydroxyl groups excluding tert-OH is 1. The number of nitrogen functional groups attached to an aromatic ring is 2. The van der Waals surface area contributed by atoms with Gasteiger partial charge in [0.05, 0.1) is 18.9 Å². The molecule has 0 aliphatic rings. The van der Waals surface area contributed by atoms with Crippen LogP contribution in [0.1, 0.15) is 37.3 Å². The van der Waals surface area contributed by atoms with Crippen LogP contribution in [0.3, 0.4) is 0 Å². The third-order valence-corrected chi connectivity index (χ3v) is 6.40. The standard InChI is InChI=1S/C22H29N5O3S2/c1-3-5-18-15(13-31-22-26-19(23)12-20(24)27-22)25-21(32-18)14-6-7-16(30-10-8-28)17(11-14)29-9-4-2/h6-7,11-12,28H,3-5,8-10,13H2,1-2H3,(H4,23,24,26,27). The molecule has 8 nitrogen and oxygen atoms in total. The molecule has 0 amide bonds. The van der Waals surface area contributed by atoms with Crippen molar-refractivity contribution in [1.29, 1.82) is 0 Å². The highest BCUT2D eigenvalue weighted by Crippen LogP contribution is 2.37. The van der Waals surface area contributed by atoms with Crippen molar-refractivity contribution in [2.45, 2.75) is 44.0 Å². The van der Waals surface area contributed by atoms with Gasteiger partial charge in [0, 0.05) is 22.3 Å². The van der Waals surface area contributed by atoms with Crippen molar-refractivity contribution in [2.24, 2.45) is 0 Å². The number of ether oxygens (including phenoxy) is 2. The van der Waals surface area contributed by atoms with Gasteiger partial charge in [-0.3, -0.25) is 0 Å². The number of thiazole rings is 1. The summed E-state index contributed by atoms with van der Waals surface area (Å²) in [4.78, 5) is 14.6. The molecule has 0 saturated carbocycles. The second-order valence-electron chi connectivity index (χ2n) is 7.01. The van der Waals surface area contributed by atoms with Crippen LogP contribution < -0.4 is 20.9 Å². The quantitative estimate of drug-likeness (QED) is 0.261. The summed E-state index contributed by atoms with van der Waals surface area (Å²) in [5.41, 5.74) is 13.5. The maximum absolute atomic E-state index is 9.08. The number of aryl methyl sites for hydroxylation is 1. The van der Waals surface area contributed by atoms with Crippen molar-refractivity contribution in [3.05, 3.63) is 34.8 Å². The van der Waals surface area contributed by atoms with Gasteiger partial charge in [0.25, 0.3) is 0 Å². The van der Waals surface area contributed by atoms with Crippen LogP contribution >= 0.6 is 23.1 Å². The molecule has 5 N–H and O–H groups in total. The average Bonchev–Trinajstić information content (AvgIpc) is 3.17. The molecular weight excluding hydrogens is 446 g/mol. The minimum atomic E-state index is -0.0503. The number of benzene rings is 1. The van der Waals surface area contributed by atoms with E-state index in [1.807, 2.05) is 18.2 Å². The van der Waals surface area contributed by atoms with Crippen LogP contribution in [-0.2, 0) is 12.2 Å². The van der Waals surface area contributed by atoms with E-state index in [2.05, 4.69) is 23.8 Å². The largest absolute Gasteiger partial charge is 0.490 e. The van der Waals surface area contributed by atoms with E-state index in [-0.39, 0.29) is 13.2 Å². The van der Waals surface area contributed by atoms with Gasteiger partial charge in [0.1, 0.15) is 23.3 Å². The Hall–Kier alpha value is -2.56. The number of rotatable bonds is 12. The van der Waals surface area contributed by atoms with Gasteiger partial charge in [-0.05, 0) is 31.0 Å². The van der Waals surface area contributed by atoms with Crippen molar-refractivity contribution in [1.82, 2.24) is 15.0 Å². The van der Waals surface area contributed by atoms with E-state index in [0.717, 1.165) is 35.5 Å². The zero-order chi connectivity index (χ0) is 22.9. The lowest BCUT2D eigenvalue weighted by Gasteiger charge is -2.12. The number of aromatic nitrogens is 3. The second-order valence-corrected chi connectivity index (χ2v) is 9.04. The van der Waals surface area contributed by atoms with Gasteiger partial charge in [-0.2, -0.15) is 0 Å². The highest BCUT2D eigenvalue weighted by atomic mass is 32.2. The lowest BCUT2D eigenvalue weighted by atomic mass is 10.2. The Balaban J connectivity index is 1.85. The SMILES string of the molecule is CCCOc1cc(-c2nc(CSc3nc(N)cc(N)n3)c(CCC)s2)ccc1OCCO. The number of aliphatic hydroxyl groups is 1. The van der Waals surface area contributed by atoms with Gasteiger partial charge in [-0.1, -0.05) is 32.0 Å². The van der Waals surface area contributed by atoms with Crippen molar-refractivity contribution < 1.29 is 14.6 Å². The monoisotopic (exact) mass is 475 g/mol. The molecule has 0 radical (unpaired) electrons. The minimum absolute atomic E-state index is 0.0503. The van der Waals surface area contributed by atoms with Crippen molar-refractivity contribution in [2.75, 3.05) is 31.3 Å². The van der Waals surface area contributed by atoms with E-state index >= 15 is 0 Å². The molecule has 1 aromatic carbocycles. The number of anilines is 2. The third-order valence-electron chi connectivity index (χ3n) is 4.34. The first-order chi connectivity index (χ1) is 15.5. The van der Waals surface area contributed by atoms with Crippen molar-refractivity contribution in [3.63, 3.8) is 0 Å². The van der Waals surface area contributed by atoms with Crippen LogP contribution in [0.5, 0.6) is 11.5 Å². The fourth-order valence-electron chi connectivity index (χ4n) is 2.94. The molecule has 0 aliphatic carbocycles. The Bertz CT molecular complexity index is 1010. The molecular formula is C22H29N5O3S2. The molecule has 0 saturated heterocycles. The Morgan fingerprint density at radius 1 is 0.969 bits per heavy atom. The normalized spacial score (nSPS) is 11.0. The summed E-state index contributed by atoms with van der Waals surface area (Å²) in [5.74, 6) is 2.62. The second kappa shape index (κ2) is 11.9. The van der Waals surface area contributed by atoms with E-state index in [0.29, 0.717) is 40.7 Å². The van der Waals surface area contributed by atoms with Crippen LogP contribution in [0.2, 0.25) is 0 Å². The highest BCUT2D eigenvalue weighted by molar-refractivity contribution is 7.98. The predicted octanol–water partition coefficient (Wildman–Crippen LogP) is 4.17. The Morgan fingerprint density at radius 3 is 2.41 bits per heavy atom. The molecule has 3 rings (SSSR count). The summed E-state index contributed by atoms with van der Waals surface area (Å²) in [6, 6.07) is 7.34. The highest BCUT2D eigenvalue weighted by Gasteiger charge is 2.16. The minimum Gasteiger partial charge on any atom is -0.490 e. The molecule has 2 aromatic heterocycles. The molecule has 0 spiro atoms. The van der Waals surface area contributed by atoms with E-state index < -0.39 is 0 Å². The Labute approximate surface area is 196 Å². The summed E-state index contributed by atoms with van der Waals surface area (Å²) in [7, 11) is 0. The smallest absolute Gasteiger partial charge is 0.191 e. The number of hydrogen-bond acceptors (Lipinski definition) is 10. The van der Waals surface area contributed by atoms with Gasteiger partial charge >= 0.3 is 0 Å². The summed E-state index contributed by atoms with van der Waals surface area (Å²) in [6.45, 7) is 4.96. The Kier molecular flexibility index (Phi) is 8.95. The molecule has 0 atom stereocenters. The van der Waals surface area contributed by atoms with Crippen LogP contribution in [0.25, 0.3) is 10.6 Å².